The summed E-state index contributed by atoms with van der Waals surface area (Å²) >= 11 is 7.10. The molecule has 104 valence electrons. The fourth-order valence-electron chi connectivity index (χ4n) is 1.57. The van der Waals surface area contributed by atoms with Crippen LogP contribution in [-0.4, -0.2) is 12.0 Å². The van der Waals surface area contributed by atoms with E-state index < -0.39 is 8.07 Å². The lowest BCUT2D eigenvalue weighted by Gasteiger charge is -2.04. The molecule has 20 heavy (non-hydrogen) atoms. The third-order valence-corrected chi connectivity index (χ3v) is 4.55. The molecule has 1 heterocycles. The summed E-state index contributed by atoms with van der Waals surface area (Å²) in [4.78, 5) is 11.6. The average molecular weight is 322 g/mol. The molecule has 0 unspecified atom stereocenters. The van der Waals surface area contributed by atoms with Gasteiger partial charge >= 0.3 is 0 Å². The second kappa shape index (κ2) is 6.00. The topological polar surface area (TPSA) is 22.0 Å². The number of rotatable bonds is 2. The van der Waals surface area contributed by atoms with Crippen molar-refractivity contribution in [2.75, 3.05) is 0 Å². The molecule has 0 aliphatic carbocycles. The summed E-state index contributed by atoms with van der Waals surface area (Å²) in [5.41, 5.74) is 5.38. The van der Waals surface area contributed by atoms with Crippen LogP contribution in [0.5, 0.6) is 0 Å². The van der Waals surface area contributed by atoms with E-state index in [0.717, 1.165) is 11.1 Å². The lowest BCUT2D eigenvalue weighted by molar-refractivity contribution is 0.849. The summed E-state index contributed by atoms with van der Waals surface area (Å²) in [5, 5.41) is 0. The Morgan fingerprint density at radius 3 is 2.40 bits per heavy atom. The smallest absolute Gasteiger partial charge is 0.262 e. The zero-order valence-corrected chi connectivity index (χ0v) is 14.3. The van der Waals surface area contributed by atoms with Crippen LogP contribution in [0, 0.1) is 11.5 Å². The summed E-state index contributed by atoms with van der Waals surface area (Å²) in [6.45, 7) is 7.22. The molecule has 0 saturated carbocycles. The Balaban J connectivity index is 2.14. The molecule has 1 aromatic heterocycles. The Morgan fingerprint density at radius 2 is 1.90 bits per heavy atom. The van der Waals surface area contributed by atoms with Gasteiger partial charge in [0.25, 0.3) is 5.56 Å². The monoisotopic (exact) mass is 321 g/mol. The van der Waals surface area contributed by atoms with Gasteiger partial charge in [-0.1, -0.05) is 49.3 Å². The van der Waals surface area contributed by atoms with Gasteiger partial charge in [0.1, 0.15) is 12.4 Å². The molecule has 0 atom stereocenters. The summed E-state index contributed by atoms with van der Waals surface area (Å²) in [5.74, 6) is 3.22. The van der Waals surface area contributed by atoms with Gasteiger partial charge in [-0.2, -0.15) is 0 Å². The van der Waals surface area contributed by atoms with Gasteiger partial charge in [-0.05, 0) is 29.2 Å². The molecule has 0 spiro atoms. The van der Waals surface area contributed by atoms with Crippen LogP contribution in [0.1, 0.15) is 11.1 Å². The van der Waals surface area contributed by atoms with Crippen LogP contribution in [-0.2, 0) is 6.54 Å². The molecular formula is C15H16ClNOSSi. The summed E-state index contributed by atoms with van der Waals surface area (Å²) in [6.07, 6.45) is 0. The standard InChI is InChI=1S/C15H16ClNOSSi/c1-20(2,3)9-8-12-4-6-13(7-5-12)11-17-15(18)10-14(16)19-17/h4-7,10H,11H2,1-3H3. The molecular weight excluding hydrogens is 306 g/mol. The second-order valence-electron chi connectivity index (χ2n) is 5.61. The maximum Gasteiger partial charge on any atom is 0.262 e. The molecule has 0 N–H and O–H groups in total. The lowest BCUT2D eigenvalue weighted by atomic mass is 10.1. The first kappa shape index (κ1) is 15.1. The van der Waals surface area contributed by atoms with E-state index in [4.69, 9.17) is 11.6 Å². The highest BCUT2D eigenvalue weighted by molar-refractivity contribution is 7.11. The number of benzene rings is 1. The Labute approximate surface area is 129 Å². The fourth-order valence-corrected chi connectivity index (χ4v) is 3.16. The molecule has 0 radical (unpaired) electrons. The Kier molecular flexibility index (Phi) is 4.54. The molecule has 0 fully saturated rings. The van der Waals surface area contributed by atoms with E-state index in [-0.39, 0.29) is 5.56 Å². The van der Waals surface area contributed by atoms with Crippen LogP contribution in [0.15, 0.2) is 35.1 Å². The van der Waals surface area contributed by atoms with Crippen LogP contribution in [0.2, 0.25) is 24.0 Å². The number of nitrogens with zero attached hydrogens (tertiary/aromatic N) is 1. The summed E-state index contributed by atoms with van der Waals surface area (Å²) in [7, 11) is -1.34. The Morgan fingerprint density at radius 1 is 1.25 bits per heavy atom. The van der Waals surface area contributed by atoms with E-state index in [1.54, 1.807) is 3.96 Å². The van der Waals surface area contributed by atoms with Crippen molar-refractivity contribution in [3.8, 4) is 11.5 Å². The van der Waals surface area contributed by atoms with E-state index in [9.17, 15) is 4.79 Å². The molecule has 0 bridgehead atoms. The van der Waals surface area contributed by atoms with E-state index in [0.29, 0.717) is 10.9 Å². The van der Waals surface area contributed by atoms with Crippen molar-refractivity contribution >= 4 is 31.2 Å². The number of halogens is 1. The van der Waals surface area contributed by atoms with Crippen molar-refractivity contribution in [1.82, 2.24) is 3.96 Å². The van der Waals surface area contributed by atoms with Crippen molar-refractivity contribution in [3.63, 3.8) is 0 Å². The molecule has 1 aromatic carbocycles. The van der Waals surface area contributed by atoms with Crippen LogP contribution in [0.4, 0.5) is 0 Å². The van der Waals surface area contributed by atoms with E-state index in [1.165, 1.54) is 17.6 Å². The van der Waals surface area contributed by atoms with Gasteiger partial charge in [0.15, 0.2) is 0 Å². The molecule has 2 aromatic rings. The highest BCUT2D eigenvalue weighted by atomic mass is 35.5. The third-order valence-electron chi connectivity index (χ3n) is 2.54. The minimum Gasteiger partial charge on any atom is -0.268 e. The summed E-state index contributed by atoms with van der Waals surface area (Å²) in [6, 6.07) is 9.47. The predicted molar refractivity (Wildman–Crippen MR) is 89.4 cm³/mol. The zero-order valence-electron chi connectivity index (χ0n) is 11.7. The Hall–Kier alpha value is -1.28. The molecule has 5 heteroatoms. The highest BCUT2D eigenvalue weighted by Gasteiger charge is 2.07. The van der Waals surface area contributed by atoms with Crippen LogP contribution < -0.4 is 5.56 Å². The second-order valence-corrected chi connectivity index (χ2v) is 12.1. The maximum absolute atomic E-state index is 11.6. The SMILES string of the molecule is C[Si](C)(C)C#Cc1ccc(Cn2sc(Cl)cc2=O)cc1. The zero-order chi connectivity index (χ0) is 14.8. The van der Waals surface area contributed by atoms with Crippen molar-refractivity contribution in [3.05, 3.63) is 56.1 Å². The average Bonchev–Trinajstić information content (AvgIpc) is 2.66. The fraction of sp³-hybridized carbons (Fsp3) is 0.267. The van der Waals surface area contributed by atoms with Gasteiger partial charge in [-0.25, -0.2) is 0 Å². The van der Waals surface area contributed by atoms with Crippen LogP contribution in [0.3, 0.4) is 0 Å². The maximum atomic E-state index is 11.6. The molecule has 2 rings (SSSR count). The first-order chi connectivity index (χ1) is 9.33. The number of aromatic nitrogens is 1. The largest absolute Gasteiger partial charge is 0.268 e. The normalized spacial score (nSPS) is 11.0. The van der Waals surface area contributed by atoms with Gasteiger partial charge < -0.3 is 0 Å². The van der Waals surface area contributed by atoms with Crippen molar-refractivity contribution in [1.29, 1.82) is 0 Å². The molecule has 0 amide bonds. The van der Waals surface area contributed by atoms with Gasteiger partial charge in [-0.15, -0.1) is 5.54 Å². The van der Waals surface area contributed by atoms with Crippen LogP contribution >= 0.6 is 23.1 Å². The molecule has 0 aliphatic heterocycles. The first-order valence-corrected chi connectivity index (χ1v) is 11.0. The molecule has 0 aliphatic rings. The van der Waals surface area contributed by atoms with Gasteiger partial charge in [0, 0.05) is 11.6 Å². The predicted octanol–water partition coefficient (Wildman–Crippen LogP) is 3.84. The quantitative estimate of drug-likeness (QED) is 0.608. The van der Waals surface area contributed by atoms with Gasteiger partial charge in [-0.3, -0.25) is 8.75 Å². The minimum absolute atomic E-state index is 0.0531. The van der Waals surface area contributed by atoms with E-state index in [2.05, 4.69) is 31.1 Å². The minimum atomic E-state index is -1.34. The van der Waals surface area contributed by atoms with Crippen molar-refractivity contribution in [2.45, 2.75) is 26.2 Å². The summed E-state index contributed by atoms with van der Waals surface area (Å²) < 4.78 is 2.16. The first-order valence-electron chi connectivity index (χ1n) is 6.32. The van der Waals surface area contributed by atoms with Crippen LogP contribution in [0.25, 0.3) is 0 Å². The van der Waals surface area contributed by atoms with Crippen molar-refractivity contribution in [2.24, 2.45) is 0 Å². The molecule has 2 nitrogen and oxygen atoms in total. The Bertz CT molecular complexity index is 713. The van der Waals surface area contributed by atoms with Gasteiger partial charge in [0.05, 0.1) is 6.54 Å². The highest BCUT2D eigenvalue weighted by Crippen LogP contribution is 2.14. The lowest BCUT2D eigenvalue weighted by Crippen LogP contribution is -2.16. The third kappa shape index (κ3) is 4.38. The van der Waals surface area contributed by atoms with E-state index in [1.807, 2.05) is 24.3 Å². The van der Waals surface area contributed by atoms with Gasteiger partial charge in [0.2, 0.25) is 0 Å². The van der Waals surface area contributed by atoms with Crippen molar-refractivity contribution < 1.29 is 0 Å². The number of hydrogen-bond donors (Lipinski definition) is 0. The van der Waals surface area contributed by atoms with E-state index >= 15 is 0 Å². The molecule has 0 saturated heterocycles. The number of hydrogen-bond acceptors (Lipinski definition) is 2.